The summed E-state index contributed by atoms with van der Waals surface area (Å²) in [6, 6.07) is 3.12. The van der Waals surface area contributed by atoms with Crippen LogP contribution in [0, 0.1) is 0 Å². The first-order valence-electron chi connectivity index (χ1n) is 5.69. The minimum Gasteiger partial charge on any atom is -0.493 e. The number of aldehydes is 1. The summed E-state index contributed by atoms with van der Waals surface area (Å²) in [6.07, 6.45) is 2.20. The van der Waals surface area contributed by atoms with Gasteiger partial charge in [0, 0.05) is 12.3 Å². The molecule has 0 N–H and O–H groups in total. The Kier molecular flexibility index (Phi) is 3.94. The van der Waals surface area contributed by atoms with E-state index in [2.05, 4.69) is 0 Å². The molecule has 0 atom stereocenters. The molecule has 7 heteroatoms. The van der Waals surface area contributed by atoms with Crippen LogP contribution in [-0.4, -0.2) is 40.1 Å². The molecule has 0 bridgehead atoms. The Balaban J connectivity index is 2.02. The first-order valence-corrected chi connectivity index (χ1v) is 7.75. The SMILES string of the molecule is CS(=O)(=O)CCCOc1cc2c(cc1C=O)OCO2. The summed E-state index contributed by atoms with van der Waals surface area (Å²) in [5.74, 6) is 1.44. The molecule has 104 valence electrons. The van der Waals surface area contributed by atoms with Crippen molar-refractivity contribution in [2.75, 3.05) is 25.4 Å². The van der Waals surface area contributed by atoms with Gasteiger partial charge in [-0.25, -0.2) is 8.42 Å². The van der Waals surface area contributed by atoms with Crippen LogP contribution in [0.15, 0.2) is 12.1 Å². The largest absolute Gasteiger partial charge is 0.493 e. The Labute approximate surface area is 111 Å². The third kappa shape index (κ3) is 3.60. The summed E-state index contributed by atoms with van der Waals surface area (Å²) in [4.78, 5) is 10.9. The Morgan fingerprint density at radius 2 is 2.00 bits per heavy atom. The highest BCUT2D eigenvalue weighted by Crippen LogP contribution is 2.37. The summed E-state index contributed by atoms with van der Waals surface area (Å²) >= 11 is 0. The van der Waals surface area contributed by atoms with Crippen LogP contribution in [0.4, 0.5) is 0 Å². The van der Waals surface area contributed by atoms with Crippen molar-refractivity contribution in [2.24, 2.45) is 0 Å². The average molecular weight is 286 g/mol. The monoisotopic (exact) mass is 286 g/mol. The molecule has 0 saturated heterocycles. The third-order valence-corrected chi connectivity index (χ3v) is 3.58. The molecular formula is C12H14O6S. The first kappa shape index (κ1) is 13.7. The molecule has 0 aromatic heterocycles. The molecule has 2 rings (SSSR count). The van der Waals surface area contributed by atoms with E-state index < -0.39 is 9.84 Å². The maximum atomic E-state index is 11.0. The molecule has 0 radical (unpaired) electrons. The highest BCUT2D eigenvalue weighted by Gasteiger charge is 2.17. The van der Waals surface area contributed by atoms with Gasteiger partial charge >= 0.3 is 0 Å². The van der Waals surface area contributed by atoms with Crippen LogP contribution in [0.3, 0.4) is 0 Å². The molecule has 1 aromatic carbocycles. The van der Waals surface area contributed by atoms with Crippen molar-refractivity contribution in [3.05, 3.63) is 17.7 Å². The van der Waals surface area contributed by atoms with Gasteiger partial charge in [-0.15, -0.1) is 0 Å². The van der Waals surface area contributed by atoms with Gasteiger partial charge in [0.25, 0.3) is 0 Å². The molecule has 0 amide bonds. The first-order chi connectivity index (χ1) is 8.99. The summed E-state index contributed by atoms with van der Waals surface area (Å²) < 4.78 is 37.7. The molecule has 1 aromatic rings. The predicted octanol–water partition coefficient (Wildman–Crippen LogP) is 1.04. The molecule has 1 aliphatic rings. The van der Waals surface area contributed by atoms with Gasteiger partial charge in [0.05, 0.1) is 17.9 Å². The molecular weight excluding hydrogens is 272 g/mol. The van der Waals surface area contributed by atoms with Gasteiger partial charge in [-0.2, -0.15) is 0 Å². The van der Waals surface area contributed by atoms with Gasteiger partial charge < -0.3 is 14.2 Å². The molecule has 0 spiro atoms. The van der Waals surface area contributed by atoms with Crippen molar-refractivity contribution >= 4 is 16.1 Å². The smallest absolute Gasteiger partial charge is 0.231 e. The van der Waals surface area contributed by atoms with Crippen LogP contribution in [0.1, 0.15) is 16.8 Å². The topological polar surface area (TPSA) is 78.9 Å². The molecule has 1 aliphatic heterocycles. The average Bonchev–Trinajstić information content (AvgIpc) is 2.79. The number of hydrogen-bond donors (Lipinski definition) is 0. The van der Waals surface area contributed by atoms with E-state index in [-0.39, 0.29) is 19.2 Å². The van der Waals surface area contributed by atoms with Crippen LogP contribution in [0.2, 0.25) is 0 Å². The summed E-state index contributed by atoms with van der Waals surface area (Å²) in [6.45, 7) is 0.332. The summed E-state index contributed by atoms with van der Waals surface area (Å²) in [7, 11) is -3.00. The number of benzene rings is 1. The lowest BCUT2D eigenvalue weighted by atomic mass is 10.2. The second-order valence-corrected chi connectivity index (χ2v) is 6.45. The maximum Gasteiger partial charge on any atom is 0.231 e. The van der Waals surface area contributed by atoms with Crippen molar-refractivity contribution in [1.29, 1.82) is 0 Å². The summed E-state index contributed by atoms with van der Waals surface area (Å²) in [5, 5.41) is 0. The number of hydrogen-bond acceptors (Lipinski definition) is 6. The Morgan fingerprint density at radius 3 is 2.63 bits per heavy atom. The Bertz CT molecular complexity index is 578. The minimum atomic E-state index is -3.00. The van der Waals surface area contributed by atoms with Crippen LogP contribution < -0.4 is 14.2 Å². The maximum absolute atomic E-state index is 11.0. The zero-order chi connectivity index (χ0) is 13.9. The van der Waals surface area contributed by atoms with Crippen LogP contribution >= 0.6 is 0 Å². The number of rotatable bonds is 6. The fourth-order valence-corrected chi connectivity index (χ4v) is 2.30. The van der Waals surface area contributed by atoms with E-state index in [1.807, 2.05) is 0 Å². The standard InChI is InChI=1S/C12H14O6S/c1-19(14,15)4-2-3-16-10-6-12-11(17-8-18-12)5-9(10)7-13/h5-7H,2-4,8H2,1H3. The molecule has 1 heterocycles. The Hall–Kier alpha value is -1.76. The van der Waals surface area contributed by atoms with Gasteiger partial charge in [-0.05, 0) is 12.5 Å². The lowest BCUT2D eigenvalue weighted by molar-refractivity contribution is 0.111. The second kappa shape index (κ2) is 5.48. The predicted molar refractivity (Wildman–Crippen MR) is 67.8 cm³/mol. The van der Waals surface area contributed by atoms with Crippen molar-refractivity contribution in [2.45, 2.75) is 6.42 Å². The van der Waals surface area contributed by atoms with Gasteiger partial charge in [0.2, 0.25) is 6.79 Å². The second-order valence-electron chi connectivity index (χ2n) is 4.19. The zero-order valence-corrected chi connectivity index (χ0v) is 11.2. The fraction of sp³-hybridized carbons (Fsp3) is 0.417. The molecule has 0 aliphatic carbocycles. The van der Waals surface area contributed by atoms with E-state index >= 15 is 0 Å². The number of fused-ring (bicyclic) bond motifs is 1. The van der Waals surface area contributed by atoms with E-state index in [1.165, 1.54) is 6.26 Å². The van der Waals surface area contributed by atoms with Crippen molar-refractivity contribution in [3.8, 4) is 17.2 Å². The molecule has 0 saturated carbocycles. The van der Waals surface area contributed by atoms with Crippen molar-refractivity contribution in [3.63, 3.8) is 0 Å². The third-order valence-electron chi connectivity index (χ3n) is 2.55. The lowest BCUT2D eigenvalue weighted by Gasteiger charge is -2.09. The number of sulfone groups is 1. The molecule has 0 fully saturated rings. The van der Waals surface area contributed by atoms with Crippen molar-refractivity contribution < 1.29 is 27.4 Å². The van der Waals surface area contributed by atoms with Crippen molar-refractivity contribution in [1.82, 2.24) is 0 Å². The quantitative estimate of drug-likeness (QED) is 0.574. The van der Waals surface area contributed by atoms with Crippen LogP contribution in [-0.2, 0) is 9.84 Å². The summed E-state index contributed by atoms with van der Waals surface area (Å²) in [5.41, 5.74) is 0.351. The number of carbonyl (C=O) groups excluding carboxylic acids is 1. The Morgan fingerprint density at radius 1 is 1.32 bits per heavy atom. The van der Waals surface area contributed by atoms with E-state index in [0.717, 1.165) is 0 Å². The van der Waals surface area contributed by atoms with Crippen LogP contribution in [0.25, 0.3) is 0 Å². The molecule has 0 unspecified atom stereocenters. The highest BCUT2D eigenvalue weighted by atomic mass is 32.2. The van der Waals surface area contributed by atoms with Gasteiger partial charge in [0.1, 0.15) is 15.6 Å². The van der Waals surface area contributed by atoms with Gasteiger partial charge in [0.15, 0.2) is 17.8 Å². The van der Waals surface area contributed by atoms with Gasteiger partial charge in [-0.3, -0.25) is 4.79 Å². The van der Waals surface area contributed by atoms with E-state index in [0.29, 0.717) is 35.5 Å². The fourth-order valence-electron chi connectivity index (χ4n) is 1.66. The lowest BCUT2D eigenvalue weighted by Crippen LogP contribution is -2.08. The van der Waals surface area contributed by atoms with E-state index in [9.17, 15) is 13.2 Å². The van der Waals surface area contributed by atoms with Crippen LogP contribution in [0.5, 0.6) is 17.2 Å². The zero-order valence-electron chi connectivity index (χ0n) is 10.4. The van der Waals surface area contributed by atoms with Gasteiger partial charge in [-0.1, -0.05) is 0 Å². The highest BCUT2D eigenvalue weighted by molar-refractivity contribution is 7.90. The normalized spacial score (nSPS) is 13.3. The molecule has 19 heavy (non-hydrogen) atoms. The number of carbonyl (C=O) groups is 1. The van der Waals surface area contributed by atoms with E-state index in [4.69, 9.17) is 14.2 Å². The minimum absolute atomic E-state index is 0.0496. The number of ether oxygens (including phenoxy) is 3. The molecule has 6 nitrogen and oxygen atoms in total. The van der Waals surface area contributed by atoms with E-state index in [1.54, 1.807) is 12.1 Å².